The highest BCUT2D eigenvalue weighted by atomic mass is 79.9. The molecule has 0 fully saturated rings. The van der Waals surface area contributed by atoms with Gasteiger partial charge in [-0.15, -0.1) is 0 Å². The Bertz CT molecular complexity index is 879. The number of rotatable bonds is 3. The maximum absolute atomic E-state index is 12.9. The van der Waals surface area contributed by atoms with Crippen molar-refractivity contribution in [1.29, 1.82) is 0 Å². The zero-order valence-electron chi connectivity index (χ0n) is 12.0. The van der Waals surface area contributed by atoms with Gasteiger partial charge >= 0.3 is 0 Å². The van der Waals surface area contributed by atoms with E-state index in [0.717, 1.165) is 30.5 Å². The highest BCUT2D eigenvalue weighted by molar-refractivity contribution is 9.10. The van der Waals surface area contributed by atoms with Crippen LogP contribution in [0.15, 0.2) is 45.8 Å². The van der Waals surface area contributed by atoms with Gasteiger partial charge in [0.2, 0.25) is 0 Å². The van der Waals surface area contributed by atoms with E-state index in [4.69, 9.17) is 0 Å². The van der Waals surface area contributed by atoms with Crippen molar-refractivity contribution in [2.75, 3.05) is 4.72 Å². The molecule has 2 aromatic rings. The second-order valence-electron chi connectivity index (χ2n) is 5.30. The van der Waals surface area contributed by atoms with Crippen molar-refractivity contribution in [3.05, 3.63) is 57.8 Å². The van der Waals surface area contributed by atoms with Crippen LogP contribution in [0.4, 0.5) is 10.1 Å². The van der Waals surface area contributed by atoms with E-state index in [9.17, 15) is 17.6 Å². The first-order valence-corrected chi connectivity index (χ1v) is 9.29. The molecule has 0 spiro atoms. The number of ketones is 1. The number of nitrogens with one attached hydrogen (secondary N) is 1. The molecule has 3 rings (SSSR count). The van der Waals surface area contributed by atoms with Crippen LogP contribution in [-0.2, 0) is 16.4 Å². The van der Waals surface area contributed by atoms with Crippen molar-refractivity contribution in [1.82, 2.24) is 0 Å². The molecule has 0 unspecified atom stereocenters. The Morgan fingerprint density at radius 2 is 1.74 bits per heavy atom. The van der Waals surface area contributed by atoms with Crippen molar-refractivity contribution in [3.63, 3.8) is 0 Å². The summed E-state index contributed by atoms with van der Waals surface area (Å²) < 4.78 is 40.6. The molecular formula is C16H13BrFNO3S. The lowest BCUT2D eigenvalue weighted by Crippen LogP contribution is -2.16. The number of carbonyl (C=O) groups excluding carboxylic acids is 1. The third-order valence-electron chi connectivity index (χ3n) is 3.73. The number of halogens is 2. The molecule has 0 saturated heterocycles. The molecule has 7 heteroatoms. The number of sulfonamides is 1. The van der Waals surface area contributed by atoms with E-state index in [1.165, 1.54) is 12.1 Å². The zero-order chi connectivity index (χ0) is 16.6. The van der Waals surface area contributed by atoms with Gasteiger partial charge < -0.3 is 0 Å². The summed E-state index contributed by atoms with van der Waals surface area (Å²) in [5.41, 5.74) is 1.75. The lowest BCUT2D eigenvalue weighted by molar-refractivity contribution is 0.0971. The van der Waals surface area contributed by atoms with E-state index in [-0.39, 0.29) is 10.7 Å². The van der Waals surface area contributed by atoms with Crippen LogP contribution in [-0.4, -0.2) is 14.2 Å². The number of fused-ring (bicyclic) bond motifs is 1. The number of Topliss-reactive ketones (excluding diaryl/α,β-unsaturated/α-hetero) is 1. The average molecular weight is 398 g/mol. The fourth-order valence-corrected chi connectivity index (χ4v) is 4.50. The van der Waals surface area contributed by atoms with Gasteiger partial charge in [-0.2, -0.15) is 0 Å². The molecule has 1 N–H and O–H groups in total. The maximum atomic E-state index is 12.9. The van der Waals surface area contributed by atoms with Crippen LogP contribution in [0.2, 0.25) is 0 Å². The minimum atomic E-state index is -3.85. The van der Waals surface area contributed by atoms with E-state index in [2.05, 4.69) is 20.7 Å². The standard InChI is InChI=1S/C16H13BrFNO3S/c17-16-13(9-4-10-2-1-3-14(20)15(10)16)19-23(21,22)12-7-5-11(18)6-8-12/h4-9,19H,1-3H2. The Hall–Kier alpha value is -1.73. The first kappa shape index (κ1) is 16.1. The van der Waals surface area contributed by atoms with Crippen LogP contribution in [0.5, 0.6) is 0 Å². The summed E-state index contributed by atoms with van der Waals surface area (Å²) in [5.74, 6) is -0.509. The maximum Gasteiger partial charge on any atom is 0.261 e. The predicted molar refractivity (Wildman–Crippen MR) is 88.6 cm³/mol. The number of anilines is 1. The summed E-state index contributed by atoms with van der Waals surface area (Å²) in [6.07, 6.45) is 2.06. The molecule has 0 amide bonds. The molecule has 120 valence electrons. The van der Waals surface area contributed by atoms with Gasteiger partial charge in [-0.1, -0.05) is 6.07 Å². The van der Waals surface area contributed by atoms with Crippen molar-refractivity contribution in [3.8, 4) is 0 Å². The Labute approximate surface area is 141 Å². The first-order valence-electron chi connectivity index (χ1n) is 7.01. The Balaban J connectivity index is 1.98. The fourth-order valence-electron chi connectivity index (χ4n) is 2.59. The first-order chi connectivity index (χ1) is 10.9. The lowest BCUT2D eigenvalue weighted by Gasteiger charge is -2.19. The molecule has 2 aromatic carbocycles. The molecule has 0 atom stereocenters. The Kier molecular flexibility index (Phi) is 4.25. The van der Waals surface area contributed by atoms with Crippen LogP contribution in [0.3, 0.4) is 0 Å². The molecule has 1 aliphatic carbocycles. The molecule has 0 saturated carbocycles. The second kappa shape index (κ2) is 6.05. The van der Waals surface area contributed by atoms with Crippen molar-refractivity contribution < 1.29 is 17.6 Å². The molecule has 0 radical (unpaired) electrons. The smallest absolute Gasteiger partial charge is 0.261 e. The largest absolute Gasteiger partial charge is 0.294 e. The summed E-state index contributed by atoms with van der Waals surface area (Å²) in [6, 6.07) is 7.94. The number of benzene rings is 2. The van der Waals surface area contributed by atoms with E-state index in [1.807, 2.05) is 0 Å². The Morgan fingerprint density at radius 3 is 2.43 bits per heavy atom. The van der Waals surface area contributed by atoms with E-state index in [1.54, 1.807) is 12.1 Å². The highest BCUT2D eigenvalue weighted by Gasteiger charge is 2.24. The van der Waals surface area contributed by atoms with Crippen LogP contribution < -0.4 is 4.72 Å². The summed E-state index contributed by atoms with van der Waals surface area (Å²) in [6.45, 7) is 0. The third-order valence-corrected chi connectivity index (χ3v) is 5.93. The van der Waals surface area contributed by atoms with Crippen LogP contribution in [0.25, 0.3) is 0 Å². The molecular weight excluding hydrogens is 385 g/mol. The molecule has 0 aromatic heterocycles. The van der Waals surface area contributed by atoms with Gasteiger partial charge in [-0.25, -0.2) is 12.8 Å². The Morgan fingerprint density at radius 1 is 1.04 bits per heavy atom. The third kappa shape index (κ3) is 3.16. The van der Waals surface area contributed by atoms with Crippen molar-refractivity contribution in [2.45, 2.75) is 24.2 Å². The van der Waals surface area contributed by atoms with Gasteiger partial charge in [0.1, 0.15) is 5.82 Å². The summed E-state index contributed by atoms with van der Waals surface area (Å²) >= 11 is 3.34. The molecule has 0 heterocycles. The lowest BCUT2D eigenvalue weighted by atomic mass is 9.90. The summed E-state index contributed by atoms with van der Waals surface area (Å²) in [7, 11) is -3.85. The molecule has 0 bridgehead atoms. The summed E-state index contributed by atoms with van der Waals surface area (Å²) in [5, 5.41) is 0. The quantitative estimate of drug-likeness (QED) is 0.853. The van der Waals surface area contributed by atoms with Crippen LogP contribution in [0.1, 0.15) is 28.8 Å². The average Bonchev–Trinajstić information content (AvgIpc) is 2.50. The number of aryl methyl sites for hydroxylation is 1. The van der Waals surface area contributed by atoms with E-state index >= 15 is 0 Å². The van der Waals surface area contributed by atoms with Gasteiger partial charge in [0.15, 0.2) is 5.78 Å². The van der Waals surface area contributed by atoms with E-state index in [0.29, 0.717) is 22.1 Å². The van der Waals surface area contributed by atoms with Crippen molar-refractivity contribution in [2.24, 2.45) is 0 Å². The predicted octanol–water partition coefficient (Wildman–Crippen LogP) is 3.91. The van der Waals surface area contributed by atoms with Gasteiger partial charge in [-0.3, -0.25) is 9.52 Å². The minimum Gasteiger partial charge on any atom is -0.294 e. The highest BCUT2D eigenvalue weighted by Crippen LogP contribution is 2.35. The normalized spacial score (nSPS) is 14.4. The summed E-state index contributed by atoms with van der Waals surface area (Å²) in [4.78, 5) is 12.0. The number of hydrogen-bond donors (Lipinski definition) is 1. The van der Waals surface area contributed by atoms with Crippen LogP contribution >= 0.6 is 15.9 Å². The minimum absolute atomic E-state index is 0.000884. The van der Waals surface area contributed by atoms with Crippen LogP contribution in [0, 0.1) is 5.82 Å². The van der Waals surface area contributed by atoms with Gasteiger partial charge in [-0.05, 0) is 64.7 Å². The van der Waals surface area contributed by atoms with Gasteiger partial charge in [0.25, 0.3) is 10.0 Å². The topological polar surface area (TPSA) is 63.2 Å². The van der Waals surface area contributed by atoms with Gasteiger partial charge in [0.05, 0.1) is 15.1 Å². The van der Waals surface area contributed by atoms with Gasteiger partial charge in [0, 0.05) is 12.0 Å². The van der Waals surface area contributed by atoms with Crippen molar-refractivity contribution >= 4 is 37.4 Å². The SMILES string of the molecule is O=C1CCCc2ccc(NS(=O)(=O)c3ccc(F)cc3)c(Br)c21. The molecule has 4 nitrogen and oxygen atoms in total. The number of carbonyl (C=O) groups is 1. The number of hydrogen-bond acceptors (Lipinski definition) is 3. The molecule has 23 heavy (non-hydrogen) atoms. The fraction of sp³-hybridized carbons (Fsp3) is 0.188. The second-order valence-corrected chi connectivity index (χ2v) is 7.77. The molecule has 0 aliphatic heterocycles. The monoisotopic (exact) mass is 397 g/mol. The zero-order valence-corrected chi connectivity index (χ0v) is 14.4. The van der Waals surface area contributed by atoms with E-state index < -0.39 is 15.8 Å². The molecule has 1 aliphatic rings.